The summed E-state index contributed by atoms with van der Waals surface area (Å²) in [5.74, 6) is 0.982. The van der Waals surface area contributed by atoms with Gasteiger partial charge in [-0.05, 0) is 61.0 Å². The van der Waals surface area contributed by atoms with E-state index in [1.54, 1.807) is 25.3 Å². The van der Waals surface area contributed by atoms with Crippen LogP contribution in [0.25, 0.3) is 22.4 Å². The molecule has 0 radical (unpaired) electrons. The first-order valence-corrected chi connectivity index (χ1v) is 13.2. The van der Waals surface area contributed by atoms with E-state index in [9.17, 15) is 10.1 Å². The summed E-state index contributed by atoms with van der Waals surface area (Å²) in [6.45, 7) is 2.02. The highest BCUT2D eigenvalue weighted by atomic mass is 35.5. The Morgan fingerprint density at radius 1 is 1.03 bits per heavy atom. The van der Waals surface area contributed by atoms with Crippen molar-refractivity contribution in [2.75, 3.05) is 18.2 Å². The smallest absolute Gasteiger partial charge is 0.225 e. The van der Waals surface area contributed by atoms with Gasteiger partial charge in [-0.15, -0.1) is 11.8 Å². The molecular formula is C29H23Cl2N3O2S. The third kappa shape index (κ3) is 6.64. The Morgan fingerprint density at radius 2 is 1.73 bits per heavy atom. The summed E-state index contributed by atoms with van der Waals surface area (Å²) in [6.07, 6.45) is 0.211. The number of ether oxygens (including phenoxy) is 1. The van der Waals surface area contributed by atoms with Crippen molar-refractivity contribution in [2.24, 2.45) is 0 Å². The molecule has 0 fully saturated rings. The standard InChI is InChI=1S/C29H23Cl2N3O2S/c1-18-3-5-19(6-4-18)23-16-27(20-7-10-22(36-2)11-8-20)34-29(24(23)17-32)37-14-13-28(35)33-26-12-9-21(30)15-25(26)31/h3-12,15-16H,13-14H2,1-2H3,(H,33,35). The van der Waals surface area contributed by atoms with Crippen molar-refractivity contribution < 1.29 is 9.53 Å². The molecule has 0 bridgehead atoms. The van der Waals surface area contributed by atoms with E-state index in [0.29, 0.717) is 32.1 Å². The summed E-state index contributed by atoms with van der Waals surface area (Å²) in [7, 11) is 1.62. The summed E-state index contributed by atoms with van der Waals surface area (Å²) < 4.78 is 5.28. The first-order chi connectivity index (χ1) is 17.9. The Balaban J connectivity index is 1.61. The number of hydrogen-bond donors (Lipinski definition) is 1. The van der Waals surface area contributed by atoms with Crippen LogP contribution in [0.2, 0.25) is 10.0 Å². The number of rotatable bonds is 8. The van der Waals surface area contributed by atoms with Crippen molar-refractivity contribution in [1.82, 2.24) is 4.98 Å². The van der Waals surface area contributed by atoms with Crippen LogP contribution in [-0.4, -0.2) is 23.8 Å². The number of hydrogen-bond acceptors (Lipinski definition) is 5. The van der Waals surface area contributed by atoms with E-state index in [-0.39, 0.29) is 12.3 Å². The van der Waals surface area contributed by atoms with Gasteiger partial charge >= 0.3 is 0 Å². The summed E-state index contributed by atoms with van der Waals surface area (Å²) in [5.41, 5.74) is 5.47. The molecule has 8 heteroatoms. The van der Waals surface area contributed by atoms with Crippen LogP contribution < -0.4 is 10.1 Å². The van der Waals surface area contributed by atoms with Crippen LogP contribution in [0.15, 0.2) is 77.8 Å². The molecule has 3 aromatic carbocycles. The van der Waals surface area contributed by atoms with Crippen LogP contribution in [-0.2, 0) is 4.79 Å². The van der Waals surface area contributed by atoms with E-state index in [1.165, 1.54) is 11.8 Å². The number of pyridine rings is 1. The second-order valence-electron chi connectivity index (χ2n) is 8.21. The molecule has 1 aromatic heterocycles. The number of benzene rings is 3. The van der Waals surface area contributed by atoms with Gasteiger partial charge in [0.05, 0.1) is 29.1 Å². The fourth-order valence-electron chi connectivity index (χ4n) is 3.65. The van der Waals surface area contributed by atoms with E-state index < -0.39 is 0 Å². The predicted octanol–water partition coefficient (Wildman–Crippen LogP) is 8.03. The van der Waals surface area contributed by atoms with Gasteiger partial charge in [0.1, 0.15) is 16.8 Å². The average molecular weight is 548 g/mol. The highest BCUT2D eigenvalue weighted by Gasteiger charge is 2.17. The minimum absolute atomic E-state index is 0.194. The number of halogens is 2. The molecule has 1 N–H and O–H groups in total. The van der Waals surface area contributed by atoms with Crippen LogP contribution >= 0.6 is 35.0 Å². The van der Waals surface area contributed by atoms with Crippen molar-refractivity contribution in [2.45, 2.75) is 18.4 Å². The number of methoxy groups -OCH3 is 1. The minimum Gasteiger partial charge on any atom is -0.497 e. The number of nitriles is 1. The van der Waals surface area contributed by atoms with Gasteiger partial charge in [-0.25, -0.2) is 4.98 Å². The highest BCUT2D eigenvalue weighted by Crippen LogP contribution is 2.35. The quantitative estimate of drug-likeness (QED) is 0.226. The highest BCUT2D eigenvalue weighted by molar-refractivity contribution is 7.99. The monoisotopic (exact) mass is 547 g/mol. The van der Waals surface area contributed by atoms with E-state index in [2.05, 4.69) is 11.4 Å². The van der Waals surface area contributed by atoms with Crippen molar-refractivity contribution >= 4 is 46.6 Å². The Hall–Kier alpha value is -3.50. The lowest BCUT2D eigenvalue weighted by atomic mass is 9.98. The SMILES string of the molecule is COc1ccc(-c2cc(-c3ccc(C)cc3)c(C#N)c(SCCC(=O)Nc3ccc(Cl)cc3Cl)n2)cc1. The number of nitrogens with zero attached hydrogens (tertiary/aromatic N) is 2. The van der Waals surface area contributed by atoms with Crippen LogP contribution in [0, 0.1) is 18.3 Å². The normalized spacial score (nSPS) is 10.6. The van der Waals surface area contributed by atoms with Gasteiger partial charge < -0.3 is 10.1 Å². The number of thioether (sulfide) groups is 1. The maximum atomic E-state index is 12.6. The zero-order valence-corrected chi connectivity index (χ0v) is 22.5. The maximum absolute atomic E-state index is 12.6. The largest absolute Gasteiger partial charge is 0.497 e. The van der Waals surface area contributed by atoms with E-state index >= 15 is 0 Å². The minimum atomic E-state index is -0.194. The van der Waals surface area contributed by atoms with Gasteiger partial charge in [-0.2, -0.15) is 5.26 Å². The molecule has 5 nitrogen and oxygen atoms in total. The number of carbonyl (C=O) groups excluding carboxylic acids is 1. The summed E-state index contributed by atoms with van der Waals surface area (Å²) in [6, 6.07) is 24.8. The van der Waals surface area contributed by atoms with Gasteiger partial charge in [0.25, 0.3) is 0 Å². The number of aryl methyl sites for hydroxylation is 1. The second kappa shape index (κ2) is 12.2. The lowest BCUT2D eigenvalue weighted by Gasteiger charge is -2.13. The molecule has 4 rings (SSSR count). The van der Waals surface area contributed by atoms with Crippen molar-refractivity contribution in [3.8, 4) is 34.2 Å². The molecule has 1 heterocycles. The van der Waals surface area contributed by atoms with Crippen LogP contribution in [0.5, 0.6) is 5.75 Å². The van der Waals surface area contributed by atoms with Gasteiger partial charge in [-0.3, -0.25) is 4.79 Å². The van der Waals surface area contributed by atoms with Gasteiger partial charge in [-0.1, -0.05) is 53.0 Å². The topological polar surface area (TPSA) is 75.0 Å². The first kappa shape index (κ1) is 26.6. The zero-order valence-electron chi connectivity index (χ0n) is 20.2. The number of aromatic nitrogens is 1. The molecule has 0 aliphatic heterocycles. The molecule has 37 heavy (non-hydrogen) atoms. The number of anilines is 1. The Labute approximate surface area is 230 Å². The fourth-order valence-corrected chi connectivity index (χ4v) is 5.05. The van der Waals surface area contributed by atoms with Crippen molar-refractivity contribution in [1.29, 1.82) is 5.26 Å². The average Bonchev–Trinajstić information content (AvgIpc) is 2.90. The molecule has 0 aliphatic carbocycles. The summed E-state index contributed by atoms with van der Waals surface area (Å²) in [4.78, 5) is 17.4. The van der Waals surface area contributed by atoms with Crippen molar-refractivity contribution in [3.63, 3.8) is 0 Å². The molecule has 0 unspecified atom stereocenters. The third-order valence-electron chi connectivity index (χ3n) is 5.62. The number of nitrogens with one attached hydrogen (secondary N) is 1. The van der Waals surface area contributed by atoms with Crippen LogP contribution in [0.4, 0.5) is 5.69 Å². The van der Waals surface area contributed by atoms with Gasteiger partial charge in [0, 0.05) is 28.3 Å². The van der Waals surface area contributed by atoms with Crippen molar-refractivity contribution in [3.05, 3.63) is 94.0 Å². The van der Waals surface area contributed by atoms with Gasteiger partial charge in [0.2, 0.25) is 5.91 Å². The molecule has 1 amide bonds. The predicted molar refractivity (Wildman–Crippen MR) is 152 cm³/mol. The second-order valence-corrected chi connectivity index (χ2v) is 10.1. The lowest BCUT2D eigenvalue weighted by molar-refractivity contribution is -0.115. The molecule has 0 saturated heterocycles. The zero-order chi connectivity index (χ0) is 26.4. The maximum Gasteiger partial charge on any atom is 0.225 e. The molecule has 186 valence electrons. The first-order valence-electron chi connectivity index (χ1n) is 11.4. The van der Waals surface area contributed by atoms with E-state index in [1.807, 2.05) is 61.5 Å². The molecule has 0 spiro atoms. The summed E-state index contributed by atoms with van der Waals surface area (Å²) in [5, 5.41) is 14.3. The Bertz CT molecular complexity index is 1470. The van der Waals surface area contributed by atoms with Crippen LogP contribution in [0.1, 0.15) is 17.5 Å². The number of amides is 1. The molecular weight excluding hydrogens is 525 g/mol. The Kier molecular flexibility index (Phi) is 8.73. The molecule has 4 aromatic rings. The number of carbonyl (C=O) groups is 1. The van der Waals surface area contributed by atoms with E-state index in [0.717, 1.165) is 33.7 Å². The molecule has 0 aliphatic rings. The van der Waals surface area contributed by atoms with Gasteiger partial charge in [0.15, 0.2) is 0 Å². The molecule has 0 saturated carbocycles. The Morgan fingerprint density at radius 3 is 2.38 bits per heavy atom. The molecule has 0 atom stereocenters. The lowest BCUT2D eigenvalue weighted by Crippen LogP contribution is -2.12. The third-order valence-corrected chi connectivity index (χ3v) is 7.14. The fraction of sp³-hybridized carbons (Fsp3) is 0.138. The van der Waals surface area contributed by atoms with Crippen LogP contribution in [0.3, 0.4) is 0 Å². The summed E-state index contributed by atoms with van der Waals surface area (Å²) >= 11 is 13.5. The van der Waals surface area contributed by atoms with E-state index in [4.69, 9.17) is 32.9 Å².